The second kappa shape index (κ2) is 8.70. The number of carbonyl (C=O) groups is 1. The summed E-state index contributed by atoms with van der Waals surface area (Å²) in [5, 5.41) is 5.19. The van der Waals surface area contributed by atoms with Gasteiger partial charge >= 0.3 is 12.4 Å². The minimum atomic E-state index is -5.01. The third kappa shape index (κ3) is 5.13. The van der Waals surface area contributed by atoms with Crippen LogP contribution in [-0.4, -0.2) is 36.5 Å². The molecule has 0 spiro atoms. The normalized spacial score (nSPS) is 17.4. The molecule has 1 saturated heterocycles. The molecule has 33 heavy (non-hydrogen) atoms. The number of fused-ring (bicyclic) bond motifs is 1. The van der Waals surface area contributed by atoms with E-state index < -0.39 is 41.0 Å². The third-order valence-electron chi connectivity index (χ3n) is 5.73. The van der Waals surface area contributed by atoms with Crippen LogP contribution in [0.25, 0.3) is 10.8 Å². The Kier molecular flexibility index (Phi) is 6.09. The summed E-state index contributed by atoms with van der Waals surface area (Å²) in [6.45, 7) is 0.948. The number of hydrogen-bond acceptors (Lipinski definition) is 2. The summed E-state index contributed by atoms with van der Waals surface area (Å²) in [5.41, 5.74) is -2.70. The van der Waals surface area contributed by atoms with Crippen molar-refractivity contribution in [1.29, 1.82) is 0 Å². The molecule has 1 amide bonds. The largest absolute Gasteiger partial charge is 0.416 e. The van der Waals surface area contributed by atoms with E-state index in [0.717, 1.165) is 16.3 Å². The van der Waals surface area contributed by atoms with Crippen LogP contribution in [0.5, 0.6) is 0 Å². The fourth-order valence-electron chi connectivity index (χ4n) is 4.09. The summed E-state index contributed by atoms with van der Waals surface area (Å²) < 4.78 is 79.4. The smallest absolute Gasteiger partial charge is 0.333 e. The molecule has 1 heterocycles. The fraction of sp³-hybridized carbons (Fsp3) is 0.292. The second-order valence-corrected chi connectivity index (χ2v) is 8.04. The van der Waals surface area contributed by atoms with E-state index in [0.29, 0.717) is 31.6 Å². The number of piperazine rings is 1. The monoisotopic (exact) mass is 466 g/mol. The highest BCUT2D eigenvalue weighted by atomic mass is 19.4. The van der Waals surface area contributed by atoms with Crippen molar-refractivity contribution in [3.8, 4) is 0 Å². The van der Waals surface area contributed by atoms with Crippen LogP contribution in [0.4, 0.5) is 26.3 Å². The second-order valence-electron chi connectivity index (χ2n) is 8.04. The maximum Gasteiger partial charge on any atom is 0.416 e. The van der Waals surface area contributed by atoms with Gasteiger partial charge in [0.1, 0.15) is 0 Å². The number of halogens is 6. The van der Waals surface area contributed by atoms with Gasteiger partial charge in [-0.3, -0.25) is 4.79 Å². The lowest BCUT2D eigenvalue weighted by atomic mass is 9.98. The minimum Gasteiger partial charge on any atom is -0.333 e. The highest BCUT2D eigenvalue weighted by Crippen LogP contribution is 2.36. The van der Waals surface area contributed by atoms with E-state index in [9.17, 15) is 31.1 Å². The van der Waals surface area contributed by atoms with Gasteiger partial charge in [-0.1, -0.05) is 42.5 Å². The van der Waals surface area contributed by atoms with E-state index in [1.807, 2.05) is 42.5 Å². The summed E-state index contributed by atoms with van der Waals surface area (Å²) in [7, 11) is 0. The maximum atomic E-state index is 13.2. The predicted octanol–water partition coefficient (Wildman–Crippen LogP) is 5.53. The highest BCUT2D eigenvalue weighted by molar-refractivity contribution is 5.95. The molecule has 1 aliphatic rings. The molecule has 0 aliphatic carbocycles. The van der Waals surface area contributed by atoms with Gasteiger partial charge in [-0.05, 0) is 41.0 Å². The Balaban J connectivity index is 1.65. The number of benzene rings is 3. The summed E-state index contributed by atoms with van der Waals surface area (Å²) in [6.07, 6.45) is -9.61. The van der Waals surface area contributed by atoms with Crippen LogP contribution in [0.3, 0.4) is 0 Å². The SMILES string of the molecule is O=C(c1cc(C(F)(F)F)cc(C(F)(F)F)c1)N1CCNCC1Cc1ccc2ccccc2c1. The first-order valence-corrected chi connectivity index (χ1v) is 10.3. The molecule has 1 N–H and O–H groups in total. The Morgan fingerprint density at radius 2 is 1.52 bits per heavy atom. The van der Waals surface area contributed by atoms with Crippen molar-refractivity contribution in [1.82, 2.24) is 10.2 Å². The third-order valence-corrected chi connectivity index (χ3v) is 5.73. The number of rotatable bonds is 3. The minimum absolute atomic E-state index is 0.0289. The molecule has 1 fully saturated rings. The van der Waals surface area contributed by atoms with E-state index in [1.54, 1.807) is 0 Å². The first kappa shape index (κ1) is 23.1. The molecule has 0 bridgehead atoms. The predicted molar refractivity (Wildman–Crippen MR) is 112 cm³/mol. The van der Waals surface area contributed by atoms with Crippen LogP contribution in [0.2, 0.25) is 0 Å². The molecule has 1 unspecified atom stereocenters. The van der Waals surface area contributed by atoms with Gasteiger partial charge in [-0.15, -0.1) is 0 Å². The first-order valence-electron chi connectivity index (χ1n) is 10.3. The van der Waals surface area contributed by atoms with Gasteiger partial charge in [-0.25, -0.2) is 0 Å². The van der Waals surface area contributed by atoms with Crippen molar-refractivity contribution >= 4 is 16.7 Å². The van der Waals surface area contributed by atoms with Gasteiger partial charge < -0.3 is 10.2 Å². The van der Waals surface area contributed by atoms with E-state index >= 15 is 0 Å². The average molecular weight is 466 g/mol. The van der Waals surface area contributed by atoms with Crippen LogP contribution >= 0.6 is 0 Å². The number of hydrogen-bond donors (Lipinski definition) is 1. The van der Waals surface area contributed by atoms with Crippen molar-refractivity contribution in [2.75, 3.05) is 19.6 Å². The van der Waals surface area contributed by atoms with E-state index in [-0.39, 0.29) is 12.6 Å². The van der Waals surface area contributed by atoms with Crippen LogP contribution in [-0.2, 0) is 18.8 Å². The van der Waals surface area contributed by atoms with Crippen LogP contribution in [0.15, 0.2) is 60.7 Å². The Morgan fingerprint density at radius 3 is 2.15 bits per heavy atom. The molecule has 0 radical (unpaired) electrons. The zero-order valence-electron chi connectivity index (χ0n) is 17.3. The lowest BCUT2D eigenvalue weighted by Gasteiger charge is -2.36. The summed E-state index contributed by atoms with van der Waals surface area (Å²) in [6, 6.07) is 14.1. The molecule has 4 rings (SSSR count). The van der Waals surface area contributed by atoms with Crippen LogP contribution < -0.4 is 5.32 Å². The standard InChI is InChI=1S/C24H20F6N2O/c25-23(26,27)19-11-18(12-20(13-19)24(28,29)30)22(33)32-8-7-31-14-21(32)10-15-5-6-16-3-1-2-4-17(16)9-15/h1-6,9,11-13,21,31H,7-8,10,14H2. The molecule has 0 aromatic heterocycles. The zero-order valence-corrected chi connectivity index (χ0v) is 17.3. The molecular weight excluding hydrogens is 446 g/mol. The summed E-state index contributed by atoms with van der Waals surface area (Å²) >= 11 is 0. The highest BCUT2D eigenvalue weighted by Gasteiger charge is 2.38. The van der Waals surface area contributed by atoms with Crippen molar-refractivity contribution in [2.45, 2.75) is 24.8 Å². The molecule has 174 valence electrons. The van der Waals surface area contributed by atoms with Gasteiger partial charge in [0.05, 0.1) is 11.1 Å². The molecule has 1 aliphatic heterocycles. The molecular formula is C24H20F6N2O. The number of amides is 1. The van der Waals surface area contributed by atoms with Gasteiger partial charge in [-0.2, -0.15) is 26.3 Å². The van der Waals surface area contributed by atoms with Crippen molar-refractivity contribution in [2.24, 2.45) is 0 Å². The van der Waals surface area contributed by atoms with Crippen molar-refractivity contribution < 1.29 is 31.1 Å². The van der Waals surface area contributed by atoms with Crippen LogP contribution in [0.1, 0.15) is 27.0 Å². The lowest BCUT2D eigenvalue weighted by Crippen LogP contribution is -2.54. The summed E-state index contributed by atoms with van der Waals surface area (Å²) in [4.78, 5) is 14.5. The quantitative estimate of drug-likeness (QED) is 0.515. The van der Waals surface area contributed by atoms with E-state index in [2.05, 4.69) is 5.32 Å². The van der Waals surface area contributed by atoms with E-state index in [1.165, 1.54) is 4.90 Å². The lowest BCUT2D eigenvalue weighted by molar-refractivity contribution is -0.143. The van der Waals surface area contributed by atoms with Gasteiger partial charge in [0.15, 0.2) is 0 Å². The Morgan fingerprint density at radius 1 is 0.879 bits per heavy atom. The molecule has 9 heteroatoms. The number of alkyl halides is 6. The molecule has 0 saturated carbocycles. The van der Waals surface area contributed by atoms with Gasteiger partial charge in [0.25, 0.3) is 5.91 Å². The Bertz CT molecular complexity index is 1140. The average Bonchev–Trinajstić information content (AvgIpc) is 2.77. The molecule has 3 aromatic rings. The molecule has 3 aromatic carbocycles. The number of nitrogens with one attached hydrogen (secondary N) is 1. The summed E-state index contributed by atoms with van der Waals surface area (Å²) in [5.74, 6) is -0.848. The Hall–Kier alpha value is -3.07. The molecule has 1 atom stereocenters. The zero-order chi connectivity index (χ0) is 23.8. The van der Waals surface area contributed by atoms with Crippen molar-refractivity contribution in [3.63, 3.8) is 0 Å². The Labute approximate surface area is 186 Å². The molecule has 3 nitrogen and oxygen atoms in total. The van der Waals surface area contributed by atoms with E-state index in [4.69, 9.17) is 0 Å². The maximum absolute atomic E-state index is 13.2. The number of carbonyl (C=O) groups excluding carboxylic acids is 1. The first-order chi connectivity index (χ1) is 15.5. The number of nitrogens with zero attached hydrogens (tertiary/aromatic N) is 1. The van der Waals surface area contributed by atoms with Gasteiger partial charge in [0, 0.05) is 31.2 Å². The topological polar surface area (TPSA) is 32.3 Å². The fourth-order valence-corrected chi connectivity index (χ4v) is 4.09. The van der Waals surface area contributed by atoms with Crippen molar-refractivity contribution in [3.05, 3.63) is 82.9 Å². The van der Waals surface area contributed by atoms with Gasteiger partial charge in [0.2, 0.25) is 0 Å². The van der Waals surface area contributed by atoms with Crippen LogP contribution in [0, 0.1) is 0 Å².